The SMILES string of the molecule is COc1cccc(Oc2cc(Cl)ccc2Cl)c1C(C)=O. The van der Waals surface area contributed by atoms with Gasteiger partial charge in [-0.15, -0.1) is 0 Å². The summed E-state index contributed by atoms with van der Waals surface area (Å²) in [5.74, 6) is 1.06. The van der Waals surface area contributed by atoms with Gasteiger partial charge in [0.15, 0.2) is 5.78 Å². The number of ketones is 1. The van der Waals surface area contributed by atoms with E-state index in [0.717, 1.165) is 0 Å². The van der Waals surface area contributed by atoms with Gasteiger partial charge in [0.2, 0.25) is 0 Å². The molecule has 2 aromatic rings. The molecule has 0 fully saturated rings. The first-order valence-electron chi connectivity index (χ1n) is 5.83. The smallest absolute Gasteiger partial charge is 0.167 e. The minimum atomic E-state index is -0.157. The molecule has 0 bridgehead atoms. The van der Waals surface area contributed by atoms with Gasteiger partial charge < -0.3 is 9.47 Å². The van der Waals surface area contributed by atoms with E-state index in [0.29, 0.717) is 32.9 Å². The highest BCUT2D eigenvalue weighted by Gasteiger charge is 2.16. The van der Waals surface area contributed by atoms with Crippen molar-refractivity contribution in [1.29, 1.82) is 0 Å². The van der Waals surface area contributed by atoms with E-state index in [2.05, 4.69) is 0 Å². The van der Waals surface area contributed by atoms with Crippen molar-refractivity contribution in [2.45, 2.75) is 6.92 Å². The van der Waals surface area contributed by atoms with Crippen molar-refractivity contribution in [3.8, 4) is 17.2 Å². The molecule has 2 aromatic carbocycles. The second-order valence-electron chi connectivity index (χ2n) is 4.07. The van der Waals surface area contributed by atoms with E-state index in [1.54, 1.807) is 36.4 Å². The Balaban J connectivity index is 2.48. The summed E-state index contributed by atoms with van der Waals surface area (Å²) in [6.45, 7) is 1.45. The third-order valence-electron chi connectivity index (χ3n) is 2.67. The zero-order valence-electron chi connectivity index (χ0n) is 10.9. The van der Waals surface area contributed by atoms with Crippen molar-refractivity contribution in [3.63, 3.8) is 0 Å². The van der Waals surface area contributed by atoms with E-state index in [1.807, 2.05) is 0 Å². The summed E-state index contributed by atoms with van der Waals surface area (Å²) < 4.78 is 10.9. The van der Waals surface area contributed by atoms with Gasteiger partial charge in [0, 0.05) is 11.1 Å². The summed E-state index contributed by atoms with van der Waals surface area (Å²) in [5.41, 5.74) is 0.367. The van der Waals surface area contributed by atoms with Crippen LogP contribution in [-0.2, 0) is 0 Å². The molecule has 0 saturated heterocycles. The number of methoxy groups -OCH3 is 1. The van der Waals surface area contributed by atoms with Crippen LogP contribution in [0.4, 0.5) is 0 Å². The van der Waals surface area contributed by atoms with Crippen LogP contribution in [0.2, 0.25) is 10.0 Å². The normalized spacial score (nSPS) is 10.2. The molecule has 0 spiro atoms. The molecule has 0 radical (unpaired) electrons. The Kier molecular flexibility index (Phi) is 4.53. The van der Waals surface area contributed by atoms with Crippen molar-refractivity contribution >= 4 is 29.0 Å². The molecule has 0 amide bonds. The third kappa shape index (κ3) is 3.06. The molecule has 3 nitrogen and oxygen atoms in total. The molecule has 0 aromatic heterocycles. The van der Waals surface area contributed by atoms with Crippen molar-refractivity contribution in [2.75, 3.05) is 7.11 Å². The van der Waals surface area contributed by atoms with E-state index in [4.69, 9.17) is 32.7 Å². The predicted molar refractivity (Wildman–Crippen MR) is 79.5 cm³/mol. The van der Waals surface area contributed by atoms with Crippen LogP contribution >= 0.6 is 23.2 Å². The van der Waals surface area contributed by atoms with Gasteiger partial charge >= 0.3 is 0 Å². The Labute approximate surface area is 127 Å². The Morgan fingerprint density at radius 2 is 1.75 bits per heavy atom. The Morgan fingerprint density at radius 3 is 2.40 bits per heavy atom. The molecule has 0 aliphatic rings. The Hall–Kier alpha value is -1.71. The minimum absolute atomic E-state index is 0.157. The molecule has 20 heavy (non-hydrogen) atoms. The van der Waals surface area contributed by atoms with Gasteiger partial charge in [0.05, 0.1) is 12.1 Å². The fourth-order valence-corrected chi connectivity index (χ4v) is 2.11. The summed E-state index contributed by atoms with van der Waals surface area (Å²) in [5, 5.41) is 0.906. The molecular weight excluding hydrogens is 299 g/mol. The maximum Gasteiger partial charge on any atom is 0.167 e. The van der Waals surface area contributed by atoms with Crippen LogP contribution in [-0.4, -0.2) is 12.9 Å². The highest BCUT2D eigenvalue weighted by Crippen LogP contribution is 2.36. The molecule has 0 N–H and O–H groups in total. The molecular formula is C15H12Cl2O3. The van der Waals surface area contributed by atoms with Gasteiger partial charge in [-0.25, -0.2) is 0 Å². The number of carbonyl (C=O) groups is 1. The topological polar surface area (TPSA) is 35.5 Å². The molecule has 0 aliphatic heterocycles. The number of carbonyl (C=O) groups excluding carboxylic acids is 1. The van der Waals surface area contributed by atoms with Crippen LogP contribution in [0.1, 0.15) is 17.3 Å². The van der Waals surface area contributed by atoms with Crippen molar-refractivity contribution in [2.24, 2.45) is 0 Å². The molecule has 0 atom stereocenters. The van der Waals surface area contributed by atoms with Crippen molar-refractivity contribution in [3.05, 3.63) is 52.0 Å². The van der Waals surface area contributed by atoms with E-state index in [1.165, 1.54) is 14.0 Å². The van der Waals surface area contributed by atoms with Crippen LogP contribution in [0.25, 0.3) is 0 Å². The van der Waals surface area contributed by atoms with Gasteiger partial charge in [0.25, 0.3) is 0 Å². The minimum Gasteiger partial charge on any atom is -0.496 e. The number of hydrogen-bond donors (Lipinski definition) is 0. The molecule has 2 rings (SSSR count). The predicted octanol–water partition coefficient (Wildman–Crippen LogP) is 5.00. The number of benzene rings is 2. The maximum atomic E-state index is 11.8. The van der Waals surface area contributed by atoms with Gasteiger partial charge in [-0.2, -0.15) is 0 Å². The number of hydrogen-bond acceptors (Lipinski definition) is 3. The zero-order chi connectivity index (χ0) is 14.7. The average molecular weight is 311 g/mol. The summed E-state index contributed by atoms with van der Waals surface area (Å²) >= 11 is 12.0. The molecule has 0 heterocycles. The first-order valence-corrected chi connectivity index (χ1v) is 6.59. The highest BCUT2D eigenvalue weighted by molar-refractivity contribution is 6.34. The second kappa shape index (κ2) is 6.16. The lowest BCUT2D eigenvalue weighted by atomic mass is 10.1. The molecule has 0 aliphatic carbocycles. The standard InChI is InChI=1S/C15H12Cl2O3/c1-9(18)15-12(19-2)4-3-5-13(15)20-14-8-10(16)6-7-11(14)17/h3-8H,1-2H3. The quantitative estimate of drug-likeness (QED) is 0.746. The maximum absolute atomic E-state index is 11.8. The third-order valence-corrected chi connectivity index (χ3v) is 3.22. The zero-order valence-corrected chi connectivity index (χ0v) is 12.5. The monoisotopic (exact) mass is 310 g/mol. The van der Waals surface area contributed by atoms with Gasteiger partial charge in [-0.3, -0.25) is 4.79 Å². The molecule has 0 unspecified atom stereocenters. The molecule has 0 saturated carbocycles. The fraction of sp³-hybridized carbons (Fsp3) is 0.133. The van der Waals surface area contributed by atoms with Gasteiger partial charge in [-0.05, 0) is 31.2 Å². The molecule has 104 valence electrons. The van der Waals surface area contributed by atoms with Gasteiger partial charge in [0.1, 0.15) is 22.8 Å². The van der Waals surface area contributed by atoms with Crippen LogP contribution < -0.4 is 9.47 Å². The average Bonchev–Trinajstić information content (AvgIpc) is 2.42. The number of halogens is 2. The summed E-state index contributed by atoms with van der Waals surface area (Å²) in [4.78, 5) is 11.8. The van der Waals surface area contributed by atoms with Crippen LogP contribution in [0.3, 0.4) is 0 Å². The van der Waals surface area contributed by atoms with Crippen molar-refractivity contribution < 1.29 is 14.3 Å². The second-order valence-corrected chi connectivity index (χ2v) is 4.91. The fourth-order valence-electron chi connectivity index (χ4n) is 1.79. The lowest BCUT2D eigenvalue weighted by molar-refractivity contribution is 0.101. The number of ether oxygens (including phenoxy) is 2. The van der Waals surface area contributed by atoms with E-state index >= 15 is 0 Å². The lowest BCUT2D eigenvalue weighted by Crippen LogP contribution is -2.01. The lowest BCUT2D eigenvalue weighted by Gasteiger charge is -2.13. The van der Waals surface area contributed by atoms with Crippen LogP contribution in [0, 0.1) is 0 Å². The Bertz CT molecular complexity index is 654. The van der Waals surface area contributed by atoms with Crippen molar-refractivity contribution in [1.82, 2.24) is 0 Å². The first kappa shape index (κ1) is 14.7. The first-order chi connectivity index (χ1) is 9.52. The van der Waals surface area contributed by atoms with Gasteiger partial charge in [-0.1, -0.05) is 29.3 Å². The van der Waals surface area contributed by atoms with E-state index in [9.17, 15) is 4.79 Å². The van der Waals surface area contributed by atoms with E-state index < -0.39 is 0 Å². The van der Waals surface area contributed by atoms with E-state index in [-0.39, 0.29) is 5.78 Å². The number of rotatable bonds is 4. The number of Topliss-reactive ketones (excluding diaryl/α,β-unsaturated/α-hetero) is 1. The largest absolute Gasteiger partial charge is 0.496 e. The van der Waals surface area contributed by atoms with Crippen LogP contribution in [0.15, 0.2) is 36.4 Å². The van der Waals surface area contributed by atoms with Crippen LogP contribution in [0.5, 0.6) is 17.2 Å². The molecule has 5 heteroatoms. The summed E-state index contributed by atoms with van der Waals surface area (Å²) in [6.07, 6.45) is 0. The highest BCUT2D eigenvalue weighted by atomic mass is 35.5. The summed E-state index contributed by atoms with van der Waals surface area (Å²) in [7, 11) is 1.50. The summed E-state index contributed by atoms with van der Waals surface area (Å²) in [6, 6.07) is 9.99. The Morgan fingerprint density at radius 1 is 1.05 bits per heavy atom.